The van der Waals surface area contributed by atoms with Gasteiger partial charge in [0.15, 0.2) is 0 Å². The molecule has 3 rings (SSSR count). The van der Waals surface area contributed by atoms with Crippen LogP contribution in [0.15, 0.2) is 36.8 Å². The molecule has 10 nitrogen and oxygen atoms in total. The van der Waals surface area contributed by atoms with Crippen LogP contribution in [0.25, 0.3) is 0 Å². The number of hydrogen-bond acceptors (Lipinski definition) is 6. The Labute approximate surface area is 179 Å². The third-order valence-electron chi connectivity index (χ3n) is 5.03. The Morgan fingerprint density at radius 1 is 1.10 bits per heavy atom. The van der Waals surface area contributed by atoms with Gasteiger partial charge >= 0.3 is 11.8 Å². The number of amides is 4. The molecule has 0 radical (unpaired) electrons. The van der Waals surface area contributed by atoms with Crippen LogP contribution in [-0.4, -0.2) is 45.0 Å². The van der Waals surface area contributed by atoms with Crippen molar-refractivity contribution >= 4 is 35.1 Å². The zero-order chi connectivity index (χ0) is 22.5. The topological polar surface area (TPSA) is 147 Å². The van der Waals surface area contributed by atoms with Crippen molar-refractivity contribution in [3.8, 4) is 0 Å². The second-order valence-electron chi connectivity index (χ2n) is 7.59. The highest BCUT2D eigenvalue weighted by molar-refractivity contribution is 6.39. The molecule has 0 bridgehead atoms. The minimum atomic E-state index is -0.828. The summed E-state index contributed by atoms with van der Waals surface area (Å²) in [6, 6.07) is 4.50. The summed E-state index contributed by atoms with van der Waals surface area (Å²) in [6.45, 7) is 3.84. The number of carbonyl (C=O) groups is 4. The van der Waals surface area contributed by atoms with Gasteiger partial charge in [-0.3, -0.25) is 24.2 Å². The molecule has 2 aromatic rings. The van der Waals surface area contributed by atoms with Gasteiger partial charge < -0.3 is 21.3 Å². The minimum Gasteiger partial charge on any atom is -0.366 e. The van der Waals surface area contributed by atoms with Crippen molar-refractivity contribution in [3.05, 3.63) is 47.9 Å². The monoisotopic (exact) mass is 424 g/mol. The van der Waals surface area contributed by atoms with Crippen LogP contribution in [0, 0.1) is 5.92 Å². The summed E-state index contributed by atoms with van der Waals surface area (Å²) in [5.74, 6) is -1.78. The van der Waals surface area contributed by atoms with Crippen LogP contribution >= 0.6 is 0 Å². The molecule has 0 aliphatic carbocycles. The van der Waals surface area contributed by atoms with Gasteiger partial charge in [-0.05, 0) is 36.5 Å². The Morgan fingerprint density at radius 2 is 1.87 bits per heavy atom. The van der Waals surface area contributed by atoms with Crippen molar-refractivity contribution in [2.24, 2.45) is 11.7 Å². The van der Waals surface area contributed by atoms with Crippen LogP contribution in [0.4, 0.5) is 11.5 Å². The molecule has 10 heteroatoms. The zero-order valence-corrected chi connectivity index (χ0v) is 17.3. The van der Waals surface area contributed by atoms with Gasteiger partial charge in [0.25, 0.3) is 0 Å². The van der Waals surface area contributed by atoms with E-state index < -0.39 is 17.7 Å². The van der Waals surface area contributed by atoms with Crippen molar-refractivity contribution in [1.82, 2.24) is 14.9 Å². The highest BCUT2D eigenvalue weighted by Crippen LogP contribution is 2.33. The van der Waals surface area contributed by atoms with Gasteiger partial charge in [-0.1, -0.05) is 13.0 Å². The number of nitrogens with one attached hydrogen (secondary N) is 2. The summed E-state index contributed by atoms with van der Waals surface area (Å²) in [4.78, 5) is 57.7. The highest BCUT2D eigenvalue weighted by atomic mass is 16.2. The summed E-state index contributed by atoms with van der Waals surface area (Å²) >= 11 is 0. The van der Waals surface area contributed by atoms with Crippen molar-refractivity contribution in [2.75, 3.05) is 17.2 Å². The van der Waals surface area contributed by atoms with E-state index in [-0.39, 0.29) is 29.1 Å². The van der Waals surface area contributed by atoms with Crippen LogP contribution in [-0.2, 0) is 14.4 Å². The molecule has 31 heavy (non-hydrogen) atoms. The van der Waals surface area contributed by atoms with Crippen LogP contribution in [0.2, 0.25) is 0 Å². The van der Waals surface area contributed by atoms with Gasteiger partial charge in [-0.15, -0.1) is 0 Å². The number of rotatable bonds is 4. The quantitative estimate of drug-likeness (QED) is 0.633. The minimum absolute atomic E-state index is 0.125. The number of nitrogens with two attached hydrogens (primary N) is 1. The maximum Gasteiger partial charge on any atom is 0.313 e. The zero-order valence-electron chi connectivity index (χ0n) is 17.3. The largest absolute Gasteiger partial charge is 0.366 e. The van der Waals surface area contributed by atoms with Crippen LogP contribution in [0.1, 0.15) is 48.7 Å². The Kier molecular flexibility index (Phi) is 6.58. The molecule has 1 aliphatic rings. The number of nitrogens with zero attached hydrogens (tertiary/aromatic N) is 3. The van der Waals surface area contributed by atoms with E-state index in [1.807, 2.05) is 6.92 Å². The summed E-state index contributed by atoms with van der Waals surface area (Å²) in [7, 11) is 0. The number of aromatic nitrogens is 2. The van der Waals surface area contributed by atoms with E-state index >= 15 is 0 Å². The molecule has 1 aliphatic heterocycles. The summed E-state index contributed by atoms with van der Waals surface area (Å²) < 4.78 is 0. The van der Waals surface area contributed by atoms with Crippen molar-refractivity contribution in [1.29, 1.82) is 0 Å². The second-order valence-corrected chi connectivity index (χ2v) is 7.59. The average molecular weight is 424 g/mol. The maximum absolute atomic E-state index is 13.0. The molecule has 3 heterocycles. The second kappa shape index (κ2) is 9.33. The SMILES string of the molecule is CC(=O)Nc1ccc([C@H]2CC[C@H](C)CN2C(=O)C(=O)Nc2cncc(C(N)=O)c2)cn1. The molecule has 162 valence electrons. The summed E-state index contributed by atoms with van der Waals surface area (Å²) in [6.07, 6.45) is 5.79. The Bertz CT molecular complexity index is 1010. The van der Waals surface area contributed by atoms with Gasteiger partial charge in [0.1, 0.15) is 5.82 Å². The molecule has 0 unspecified atom stereocenters. The maximum atomic E-state index is 13.0. The number of anilines is 2. The van der Waals surface area contributed by atoms with E-state index in [2.05, 4.69) is 20.6 Å². The first-order valence-electron chi connectivity index (χ1n) is 9.85. The molecule has 4 amide bonds. The molecule has 0 saturated carbocycles. The molecule has 0 aromatic carbocycles. The van der Waals surface area contributed by atoms with Gasteiger partial charge in [-0.25, -0.2) is 4.98 Å². The molecule has 2 atom stereocenters. The first-order valence-corrected chi connectivity index (χ1v) is 9.85. The molecule has 1 fully saturated rings. The van der Waals surface area contributed by atoms with Crippen LogP contribution in [0.5, 0.6) is 0 Å². The summed E-state index contributed by atoms with van der Waals surface area (Å²) in [5, 5.41) is 5.09. The lowest BCUT2D eigenvalue weighted by Gasteiger charge is -2.38. The number of likely N-dealkylation sites (tertiary alicyclic amines) is 1. The van der Waals surface area contributed by atoms with E-state index in [0.717, 1.165) is 12.0 Å². The van der Waals surface area contributed by atoms with E-state index in [1.165, 1.54) is 30.3 Å². The number of carbonyl (C=O) groups excluding carboxylic acids is 4. The highest BCUT2D eigenvalue weighted by Gasteiger charge is 2.34. The van der Waals surface area contributed by atoms with E-state index in [1.54, 1.807) is 18.3 Å². The first-order chi connectivity index (χ1) is 14.7. The molecule has 2 aromatic heterocycles. The van der Waals surface area contributed by atoms with Crippen molar-refractivity contribution < 1.29 is 19.2 Å². The third kappa shape index (κ3) is 5.41. The van der Waals surface area contributed by atoms with Gasteiger partial charge in [0.2, 0.25) is 11.8 Å². The fourth-order valence-corrected chi connectivity index (χ4v) is 3.54. The Hall–Kier alpha value is -3.82. The lowest BCUT2D eigenvalue weighted by molar-refractivity contribution is -0.146. The number of hydrogen-bond donors (Lipinski definition) is 3. The smallest absolute Gasteiger partial charge is 0.313 e. The molecular formula is C21H24N6O4. The van der Waals surface area contributed by atoms with E-state index in [9.17, 15) is 19.2 Å². The predicted molar refractivity (Wildman–Crippen MR) is 113 cm³/mol. The van der Waals surface area contributed by atoms with Gasteiger partial charge in [0, 0.05) is 25.9 Å². The number of pyridine rings is 2. The van der Waals surface area contributed by atoms with Crippen LogP contribution < -0.4 is 16.4 Å². The van der Waals surface area contributed by atoms with Gasteiger partial charge in [0.05, 0.1) is 23.5 Å². The predicted octanol–water partition coefficient (Wildman–Crippen LogP) is 1.47. The number of piperidine rings is 1. The molecule has 1 saturated heterocycles. The lowest BCUT2D eigenvalue weighted by atomic mass is 9.90. The Balaban J connectivity index is 1.77. The first kappa shape index (κ1) is 21.9. The fraction of sp³-hybridized carbons (Fsp3) is 0.333. The molecule has 4 N–H and O–H groups in total. The van der Waals surface area contributed by atoms with Crippen molar-refractivity contribution in [2.45, 2.75) is 32.7 Å². The van der Waals surface area contributed by atoms with E-state index in [4.69, 9.17) is 5.73 Å². The lowest BCUT2D eigenvalue weighted by Crippen LogP contribution is -2.46. The standard InChI is InChI=1S/C21H24N6O4/c1-12-3-5-17(14-4-6-18(24-9-14)25-13(2)28)27(11-12)21(31)20(30)26-16-7-15(19(22)29)8-23-10-16/h4,6-10,12,17H,3,5,11H2,1-2H3,(H2,22,29)(H,26,30)(H,24,25,28)/t12-,17+/m0/s1. The summed E-state index contributed by atoms with van der Waals surface area (Å²) in [5.41, 5.74) is 6.34. The third-order valence-corrected chi connectivity index (χ3v) is 5.03. The normalized spacial score (nSPS) is 18.2. The van der Waals surface area contributed by atoms with Crippen LogP contribution in [0.3, 0.4) is 0 Å². The van der Waals surface area contributed by atoms with E-state index in [0.29, 0.717) is 18.8 Å². The molecular weight excluding hydrogens is 400 g/mol. The Morgan fingerprint density at radius 3 is 2.52 bits per heavy atom. The van der Waals surface area contributed by atoms with Gasteiger partial charge in [-0.2, -0.15) is 0 Å². The number of primary amides is 1. The fourth-order valence-electron chi connectivity index (χ4n) is 3.54. The van der Waals surface area contributed by atoms with Crippen molar-refractivity contribution in [3.63, 3.8) is 0 Å². The average Bonchev–Trinajstić information content (AvgIpc) is 2.73. The molecule has 0 spiro atoms.